The lowest BCUT2D eigenvalue weighted by molar-refractivity contribution is 0.677. The van der Waals surface area contributed by atoms with E-state index in [0.717, 1.165) is 12.6 Å². The first kappa shape index (κ1) is 11.4. The van der Waals surface area contributed by atoms with Crippen molar-refractivity contribution in [3.8, 4) is 0 Å². The molecule has 1 N–H and O–H groups in total. The van der Waals surface area contributed by atoms with Gasteiger partial charge in [0.1, 0.15) is 0 Å². The molecule has 1 aromatic heterocycles. The van der Waals surface area contributed by atoms with Crippen molar-refractivity contribution in [3.63, 3.8) is 0 Å². The van der Waals surface area contributed by atoms with Crippen molar-refractivity contribution in [1.29, 1.82) is 0 Å². The Morgan fingerprint density at radius 1 is 1.50 bits per heavy atom. The summed E-state index contributed by atoms with van der Waals surface area (Å²) in [6.45, 7) is 5.35. The summed E-state index contributed by atoms with van der Waals surface area (Å²) in [5, 5.41) is 3.54. The highest BCUT2D eigenvalue weighted by molar-refractivity contribution is 5.52. The van der Waals surface area contributed by atoms with Gasteiger partial charge < -0.3 is 10.2 Å². The molecule has 1 aromatic rings. The Bertz CT molecular complexity index is 345. The number of rotatable bonds is 5. The molecule has 0 unspecified atom stereocenters. The zero-order chi connectivity index (χ0) is 11.5. The van der Waals surface area contributed by atoms with E-state index in [0.29, 0.717) is 6.04 Å². The van der Waals surface area contributed by atoms with Crippen LogP contribution in [0.3, 0.4) is 0 Å². The number of nitrogens with one attached hydrogen (secondary N) is 1. The summed E-state index contributed by atoms with van der Waals surface area (Å²) in [5.74, 6) is 0. The first-order valence-corrected chi connectivity index (χ1v) is 6.07. The topological polar surface area (TPSA) is 28.2 Å². The number of hydrogen-bond donors (Lipinski definition) is 1. The summed E-state index contributed by atoms with van der Waals surface area (Å²) < 4.78 is 0. The summed E-state index contributed by atoms with van der Waals surface area (Å²) >= 11 is 0. The van der Waals surface area contributed by atoms with E-state index < -0.39 is 0 Å². The second-order valence-electron chi connectivity index (χ2n) is 4.86. The molecule has 1 aliphatic rings. The number of hydrogen-bond acceptors (Lipinski definition) is 3. The monoisotopic (exact) mass is 219 g/mol. The molecule has 16 heavy (non-hydrogen) atoms. The van der Waals surface area contributed by atoms with Gasteiger partial charge in [0.15, 0.2) is 0 Å². The third-order valence-electron chi connectivity index (χ3n) is 3.19. The van der Waals surface area contributed by atoms with Gasteiger partial charge in [0.2, 0.25) is 0 Å². The molecule has 1 fully saturated rings. The highest BCUT2D eigenvalue weighted by Crippen LogP contribution is 2.23. The van der Waals surface area contributed by atoms with Crippen LogP contribution in [0.25, 0.3) is 0 Å². The largest absolute Gasteiger partial charge is 0.372 e. The van der Waals surface area contributed by atoms with E-state index in [9.17, 15) is 0 Å². The summed E-state index contributed by atoms with van der Waals surface area (Å²) in [5.41, 5.74) is 2.59. The Morgan fingerprint density at radius 3 is 2.88 bits per heavy atom. The maximum atomic E-state index is 4.22. The van der Waals surface area contributed by atoms with Crippen LogP contribution in [0.1, 0.15) is 32.3 Å². The Hall–Kier alpha value is -1.09. The van der Waals surface area contributed by atoms with Crippen LogP contribution in [0.15, 0.2) is 18.5 Å². The minimum Gasteiger partial charge on any atom is -0.372 e. The molecule has 1 saturated carbocycles. The predicted octanol–water partition coefficient (Wildman–Crippen LogP) is 2.18. The predicted molar refractivity (Wildman–Crippen MR) is 67.6 cm³/mol. The third-order valence-corrected chi connectivity index (χ3v) is 3.19. The molecule has 0 radical (unpaired) electrons. The van der Waals surface area contributed by atoms with Gasteiger partial charge in [0.05, 0.1) is 0 Å². The molecular weight excluding hydrogens is 198 g/mol. The van der Waals surface area contributed by atoms with Crippen molar-refractivity contribution in [2.24, 2.45) is 0 Å². The molecule has 0 amide bonds. The van der Waals surface area contributed by atoms with Crippen LogP contribution in [-0.2, 0) is 6.54 Å². The summed E-state index contributed by atoms with van der Waals surface area (Å²) in [6, 6.07) is 3.36. The maximum absolute atomic E-state index is 4.22. The van der Waals surface area contributed by atoms with Gasteiger partial charge in [-0.25, -0.2) is 0 Å². The van der Waals surface area contributed by atoms with E-state index in [1.807, 2.05) is 12.4 Å². The molecule has 0 bridgehead atoms. The van der Waals surface area contributed by atoms with Gasteiger partial charge in [0, 0.05) is 49.3 Å². The van der Waals surface area contributed by atoms with Gasteiger partial charge >= 0.3 is 0 Å². The van der Waals surface area contributed by atoms with Gasteiger partial charge in [0.25, 0.3) is 0 Å². The summed E-state index contributed by atoms with van der Waals surface area (Å²) in [6.07, 6.45) is 6.50. The van der Waals surface area contributed by atoms with Crippen LogP contribution in [0.5, 0.6) is 0 Å². The Labute approximate surface area is 97.9 Å². The zero-order valence-corrected chi connectivity index (χ0v) is 10.4. The van der Waals surface area contributed by atoms with Crippen LogP contribution in [-0.4, -0.2) is 24.1 Å². The van der Waals surface area contributed by atoms with E-state index in [1.54, 1.807) is 0 Å². The second-order valence-corrected chi connectivity index (χ2v) is 4.86. The number of aromatic nitrogens is 1. The Balaban J connectivity index is 2.08. The van der Waals surface area contributed by atoms with Crippen molar-refractivity contribution in [3.05, 3.63) is 24.0 Å². The number of pyridine rings is 1. The van der Waals surface area contributed by atoms with E-state index in [1.165, 1.54) is 24.1 Å². The lowest BCUT2D eigenvalue weighted by Gasteiger charge is -2.26. The minimum atomic E-state index is 0.516. The molecular formula is C13H21N3. The Kier molecular flexibility index (Phi) is 3.44. The number of nitrogens with zero attached hydrogens (tertiary/aromatic N) is 2. The van der Waals surface area contributed by atoms with Gasteiger partial charge in [-0.2, -0.15) is 0 Å². The highest BCUT2D eigenvalue weighted by Gasteiger charge is 2.21. The quantitative estimate of drug-likeness (QED) is 0.822. The van der Waals surface area contributed by atoms with Crippen molar-refractivity contribution in [2.75, 3.05) is 11.9 Å². The number of anilines is 1. The molecule has 0 aromatic carbocycles. The van der Waals surface area contributed by atoms with E-state index in [2.05, 4.69) is 42.2 Å². The van der Waals surface area contributed by atoms with Crippen LogP contribution in [0, 0.1) is 0 Å². The first-order chi connectivity index (χ1) is 7.68. The van der Waals surface area contributed by atoms with Crippen molar-refractivity contribution in [1.82, 2.24) is 10.3 Å². The fourth-order valence-corrected chi connectivity index (χ4v) is 1.72. The second kappa shape index (κ2) is 4.83. The maximum Gasteiger partial charge on any atom is 0.0442 e. The summed E-state index contributed by atoms with van der Waals surface area (Å²) in [7, 11) is 2.14. The zero-order valence-electron chi connectivity index (χ0n) is 10.4. The fraction of sp³-hybridized carbons (Fsp3) is 0.615. The van der Waals surface area contributed by atoms with Crippen LogP contribution in [0.2, 0.25) is 0 Å². The first-order valence-electron chi connectivity index (χ1n) is 6.07. The normalized spacial score (nSPS) is 15.5. The van der Waals surface area contributed by atoms with Crippen molar-refractivity contribution >= 4 is 5.69 Å². The van der Waals surface area contributed by atoms with E-state index in [4.69, 9.17) is 0 Å². The molecule has 0 atom stereocenters. The highest BCUT2D eigenvalue weighted by atomic mass is 15.1. The third kappa shape index (κ3) is 2.73. The standard InChI is InChI=1S/C13H21N3/c1-10(2)16(3)13-6-7-14-8-11(13)9-15-12-4-5-12/h6-8,10,12,15H,4-5,9H2,1-3H3. The average molecular weight is 219 g/mol. The average Bonchev–Trinajstić information content (AvgIpc) is 3.09. The van der Waals surface area contributed by atoms with Crippen LogP contribution >= 0.6 is 0 Å². The van der Waals surface area contributed by atoms with Gasteiger partial charge in [-0.05, 0) is 32.8 Å². The lowest BCUT2D eigenvalue weighted by atomic mass is 10.2. The molecule has 88 valence electrons. The van der Waals surface area contributed by atoms with Gasteiger partial charge in [-0.15, -0.1) is 0 Å². The smallest absolute Gasteiger partial charge is 0.0442 e. The Morgan fingerprint density at radius 2 is 2.25 bits per heavy atom. The van der Waals surface area contributed by atoms with Crippen molar-refractivity contribution < 1.29 is 0 Å². The molecule has 0 saturated heterocycles. The van der Waals surface area contributed by atoms with E-state index in [-0.39, 0.29) is 0 Å². The molecule has 0 aliphatic heterocycles. The molecule has 3 nitrogen and oxygen atoms in total. The minimum absolute atomic E-state index is 0.516. The molecule has 1 heterocycles. The molecule has 2 rings (SSSR count). The summed E-state index contributed by atoms with van der Waals surface area (Å²) in [4.78, 5) is 6.52. The lowest BCUT2D eigenvalue weighted by Crippen LogP contribution is -2.28. The van der Waals surface area contributed by atoms with Crippen LogP contribution < -0.4 is 10.2 Å². The fourth-order valence-electron chi connectivity index (χ4n) is 1.72. The van der Waals surface area contributed by atoms with Gasteiger partial charge in [-0.3, -0.25) is 4.98 Å². The molecule has 3 heteroatoms. The van der Waals surface area contributed by atoms with Crippen LogP contribution in [0.4, 0.5) is 5.69 Å². The SMILES string of the molecule is CC(C)N(C)c1ccncc1CNC1CC1. The van der Waals surface area contributed by atoms with E-state index >= 15 is 0 Å². The molecule has 0 spiro atoms. The molecule has 1 aliphatic carbocycles. The van der Waals surface area contributed by atoms with Gasteiger partial charge in [-0.1, -0.05) is 0 Å². The van der Waals surface area contributed by atoms with Crippen molar-refractivity contribution in [2.45, 2.75) is 45.3 Å².